The molecule has 1 aromatic rings. The molecule has 1 rings (SSSR count). The lowest BCUT2D eigenvalue weighted by molar-refractivity contribution is -0.122. The standard InChI is InChI=1S/C12H16N2O3/c1-2-17-10-6-4-3-5-9(10)14-12(16)8-7-11(13)15/h3-6H,2,7-8H2,1H3,(H2,13,15)(H,14,16). The zero-order chi connectivity index (χ0) is 12.7. The van der Waals surface area contributed by atoms with Gasteiger partial charge in [0.1, 0.15) is 5.75 Å². The summed E-state index contributed by atoms with van der Waals surface area (Å²) in [5, 5.41) is 2.68. The van der Waals surface area contributed by atoms with Gasteiger partial charge in [-0.25, -0.2) is 0 Å². The number of anilines is 1. The van der Waals surface area contributed by atoms with E-state index in [2.05, 4.69) is 5.32 Å². The van der Waals surface area contributed by atoms with E-state index in [1.165, 1.54) is 0 Å². The van der Waals surface area contributed by atoms with Crippen LogP contribution in [0.15, 0.2) is 24.3 Å². The van der Waals surface area contributed by atoms with Gasteiger partial charge >= 0.3 is 0 Å². The van der Waals surface area contributed by atoms with Crippen molar-refractivity contribution in [2.24, 2.45) is 5.73 Å². The highest BCUT2D eigenvalue weighted by Gasteiger charge is 2.08. The van der Waals surface area contributed by atoms with E-state index in [0.717, 1.165) is 0 Å². The highest BCUT2D eigenvalue weighted by molar-refractivity contribution is 5.94. The minimum atomic E-state index is -0.488. The number of primary amides is 1. The van der Waals surface area contributed by atoms with Crippen LogP contribution < -0.4 is 15.8 Å². The molecule has 92 valence electrons. The predicted octanol–water partition coefficient (Wildman–Crippen LogP) is 1.29. The third kappa shape index (κ3) is 4.55. The molecule has 1 aromatic carbocycles. The molecule has 17 heavy (non-hydrogen) atoms. The van der Waals surface area contributed by atoms with Gasteiger partial charge in [0.25, 0.3) is 0 Å². The van der Waals surface area contributed by atoms with E-state index in [1.54, 1.807) is 18.2 Å². The van der Waals surface area contributed by atoms with Gasteiger partial charge in [0.15, 0.2) is 0 Å². The van der Waals surface area contributed by atoms with Gasteiger partial charge in [-0.15, -0.1) is 0 Å². The molecule has 0 unspecified atom stereocenters. The third-order valence-electron chi connectivity index (χ3n) is 2.06. The highest BCUT2D eigenvalue weighted by atomic mass is 16.5. The average Bonchev–Trinajstić information content (AvgIpc) is 2.29. The van der Waals surface area contributed by atoms with E-state index in [9.17, 15) is 9.59 Å². The van der Waals surface area contributed by atoms with Crippen LogP contribution in [0.25, 0.3) is 0 Å². The summed E-state index contributed by atoms with van der Waals surface area (Å²) >= 11 is 0. The first-order chi connectivity index (χ1) is 8.13. The van der Waals surface area contributed by atoms with Gasteiger partial charge in [-0.3, -0.25) is 9.59 Å². The Bertz CT molecular complexity index is 404. The van der Waals surface area contributed by atoms with Crippen LogP contribution in [0.3, 0.4) is 0 Å². The molecule has 0 aliphatic rings. The smallest absolute Gasteiger partial charge is 0.224 e. The van der Waals surface area contributed by atoms with Crippen LogP contribution in [0.1, 0.15) is 19.8 Å². The minimum absolute atomic E-state index is 0.0443. The second-order valence-corrected chi connectivity index (χ2v) is 3.44. The van der Waals surface area contributed by atoms with Crippen molar-refractivity contribution in [3.63, 3.8) is 0 Å². The van der Waals surface area contributed by atoms with Crippen LogP contribution in [-0.2, 0) is 9.59 Å². The second kappa shape index (κ2) is 6.52. The first-order valence-electron chi connectivity index (χ1n) is 5.43. The number of hydrogen-bond donors (Lipinski definition) is 2. The lowest BCUT2D eigenvalue weighted by Gasteiger charge is -2.10. The van der Waals surface area contributed by atoms with Crippen LogP contribution in [0.5, 0.6) is 5.75 Å². The Labute approximate surface area is 99.9 Å². The number of carbonyl (C=O) groups excluding carboxylic acids is 2. The molecule has 0 fully saturated rings. The fraction of sp³-hybridized carbons (Fsp3) is 0.333. The van der Waals surface area contributed by atoms with Crippen molar-refractivity contribution in [3.8, 4) is 5.75 Å². The zero-order valence-electron chi connectivity index (χ0n) is 9.73. The highest BCUT2D eigenvalue weighted by Crippen LogP contribution is 2.23. The van der Waals surface area contributed by atoms with Crippen molar-refractivity contribution in [1.29, 1.82) is 0 Å². The van der Waals surface area contributed by atoms with E-state index in [-0.39, 0.29) is 18.7 Å². The Kier molecular flexibility index (Phi) is 5.00. The Morgan fingerprint density at radius 1 is 1.29 bits per heavy atom. The fourth-order valence-corrected chi connectivity index (χ4v) is 1.30. The normalized spacial score (nSPS) is 9.71. The summed E-state index contributed by atoms with van der Waals surface area (Å²) in [6.07, 6.45) is 0.123. The maximum atomic E-state index is 11.5. The molecule has 0 saturated heterocycles. The molecule has 3 N–H and O–H groups in total. The predicted molar refractivity (Wildman–Crippen MR) is 64.7 cm³/mol. The summed E-state index contributed by atoms with van der Waals surface area (Å²) < 4.78 is 5.36. The van der Waals surface area contributed by atoms with Crippen molar-refractivity contribution in [1.82, 2.24) is 0 Å². The van der Waals surface area contributed by atoms with Crippen LogP contribution >= 0.6 is 0 Å². The van der Waals surface area contributed by atoms with E-state index in [4.69, 9.17) is 10.5 Å². The maximum Gasteiger partial charge on any atom is 0.224 e. The molecule has 0 aliphatic heterocycles. The molecule has 5 nitrogen and oxygen atoms in total. The largest absolute Gasteiger partial charge is 0.492 e. The quantitative estimate of drug-likeness (QED) is 0.780. The fourth-order valence-electron chi connectivity index (χ4n) is 1.30. The van der Waals surface area contributed by atoms with Gasteiger partial charge in [0, 0.05) is 12.8 Å². The Morgan fingerprint density at radius 2 is 2.00 bits per heavy atom. The number of amides is 2. The van der Waals surface area contributed by atoms with E-state index >= 15 is 0 Å². The van der Waals surface area contributed by atoms with E-state index < -0.39 is 5.91 Å². The second-order valence-electron chi connectivity index (χ2n) is 3.44. The first kappa shape index (κ1) is 13.0. The molecule has 0 atom stereocenters. The molecule has 0 heterocycles. The SMILES string of the molecule is CCOc1ccccc1NC(=O)CCC(N)=O. The van der Waals surface area contributed by atoms with Gasteiger partial charge < -0.3 is 15.8 Å². The molecule has 2 amide bonds. The molecule has 0 saturated carbocycles. The van der Waals surface area contributed by atoms with Crippen molar-refractivity contribution in [2.75, 3.05) is 11.9 Å². The molecule has 0 spiro atoms. The lowest BCUT2D eigenvalue weighted by atomic mass is 10.2. The molecule has 5 heteroatoms. The van der Waals surface area contributed by atoms with Crippen LogP contribution in [-0.4, -0.2) is 18.4 Å². The van der Waals surface area contributed by atoms with Gasteiger partial charge in [-0.05, 0) is 19.1 Å². The summed E-state index contributed by atoms with van der Waals surface area (Å²) in [5.41, 5.74) is 5.57. The van der Waals surface area contributed by atoms with Crippen LogP contribution in [0.4, 0.5) is 5.69 Å². The number of ether oxygens (including phenoxy) is 1. The molecule has 0 aliphatic carbocycles. The Hall–Kier alpha value is -2.04. The third-order valence-corrected chi connectivity index (χ3v) is 2.06. The number of hydrogen-bond acceptors (Lipinski definition) is 3. The number of para-hydroxylation sites is 2. The minimum Gasteiger partial charge on any atom is -0.492 e. The van der Waals surface area contributed by atoms with E-state index in [1.807, 2.05) is 13.0 Å². The summed E-state index contributed by atoms with van der Waals surface area (Å²) in [6, 6.07) is 7.14. The van der Waals surface area contributed by atoms with Crippen molar-refractivity contribution >= 4 is 17.5 Å². The van der Waals surface area contributed by atoms with Gasteiger partial charge in [0.2, 0.25) is 11.8 Å². The Morgan fingerprint density at radius 3 is 2.65 bits per heavy atom. The van der Waals surface area contributed by atoms with Crippen molar-refractivity contribution < 1.29 is 14.3 Å². The molecular formula is C12H16N2O3. The van der Waals surface area contributed by atoms with Crippen LogP contribution in [0, 0.1) is 0 Å². The first-order valence-corrected chi connectivity index (χ1v) is 5.43. The number of nitrogens with two attached hydrogens (primary N) is 1. The van der Waals surface area contributed by atoms with Gasteiger partial charge in [-0.1, -0.05) is 12.1 Å². The number of nitrogens with one attached hydrogen (secondary N) is 1. The summed E-state index contributed by atoms with van der Waals surface area (Å²) in [7, 11) is 0. The van der Waals surface area contributed by atoms with E-state index in [0.29, 0.717) is 18.0 Å². The topological polar surface area (TPSA) is 81.4 Å². The summed E-state index contributed by atoms with van der Waals surface area (Å²) in [6.45, 7) is 2.39. The number of carbonyl (C=O) groups is 2. The van der Waals surface area contributed by atoms with Crippen molar-refractivity contribution in [2.45, 2.75) is 19.8 Å². The van der Waals surface area contributed by atoms with Gasteiger partial charge in [0.05, 0.1) is 12.3 Å². The molecule has 0 radical (unpaired) electrons. The van der Waals surface area contributed by atoms with Crippen molar-refractivity contribution in [3.05, 3.63) is 24.3 Å². The summed E-state index contributed by atoms with van der Waals surface area (Å²) in [4.78, 5) is 22.0. The monoisotopic (exact) mass is 236 g/mol. The molecule has 0 bridgehead atoms. The van der Waals surface area contributed by atoms with Gasteiger partial charge in [-0.2, -0.15) is 0 Å². The molecular weight excluding hydrogens is 220 g/mol. The lowest BCUT2D eigenvalue weighted by Crippen LogP contribution is -2.17. The number of rotatable bonds is 6. The molecule has 0 aromatic heterocycles. The Balaban J connectivity index is 2.61. The number of benzene rings is 1. The maximum absolute atomic E-state index is 11.5. The van der Waals surface area contributed by atoms with Crippen LogP contribution in [0.2, 0.25) is 0 Å². The average molecular weight is 236 g/mol. The summed E-state index contributed by atoms with van der Waals surface area (Å²) in [5.74, 6) is -0.128. The zero-order valence-corrected chi connectivity index (χ0v) is 9.73.